The number of anilines is 1. The SMILES string of the molecule is O=C1N[C@H](Cc2c[nH]c3cc([C@@]45C[C@@H]6C(=O)N7CCC[C@@H]7C(=O)N6[C@@H]4Nc4ccccc45)ccc23)C(=O)N2CCC[C@H]12. The molecule has 6 aliphatic rings. The number of hydrogen-bond donors (Lipinski definition) is 3. The summed E-state index contributed by atoms with van der Waals surface area (Å²) < 4.78 is 0. The van der Waals surface area contributed by atoms with Gasteiger partial charge in [-0.3, -0.25) is 19.2 Å². The number of aromatic amines is 1. The molecule has 10 nitrogen and oxygen atoms in total. The van der Waals surface area contributed by atoms with Crippen LogP contribution in [0.5, 0.6) is 0 Å². The highest BCUT2D eigenvalue weighted by Gasteiger charge is 2.65. The number of carbonyl (C=O) groups is 4. The number of amides is 4. The van der Waals surface area contributed by atoms with Gasteiger partial charge in [-0.1, -0.05) is 30.3 Å². The van der Waals surface area contributed by atoms with Gasteiger partial charge in [-0.2, -0.15) is 0 Å². The monoisotopic (exact) mass is 564 g/mol. The number of rotatable bonds is 3. The van der Waals surface area contributed by atoms with Crippen LogP contribution in [0.4, 0.5) is 5.69 Å². The van der Waals surface area contributed by atoms with Crippen LogP contribution in [0.1, 0.15) is 48.8 Å². The molecule has 0 saturated carbocycles. The molecule has 2 aromatic carbocycles. The molecule has 5 fully saturated rings. The lowest BCUT2D eigenvalue weighted by molar-refractivity contribution is -0.158. The molecular weight excluding hydrogens is 532 g/mol. The number of fused-ring (bicyclic) bond motifs is 8. The van der Waals surface area contributed by atoms with Crippen molar-refractivity contribution in [1.82, 2.24) is 25.0 Å². The van der Waals surface area contributed by atoms with Gasteiger partial charge in [0.05, 0.1) is 5.41 Å². The first-order chi connectivity index (χ1) is 20.5. The fraction of sp³-hybridized carbons (Fsp3) is 0.438. The maximum Gasteiger partial charge on any atom is 0.247 e. The number of H-pyrrole nitrogens is 1. The first-order valence-electron chi connectivity index (χ1n) is 15.2. The van der Waals surface area contributed by atoms with E-state index in [-0.39, 0.29) is 41.9 Å². The van der Waals surface area contributed by atoms with Crippen LogP contribution in [0.15, 0.2) is 48.7 Å². The van der Waals surface area contributed by atoms with Gasteiger partial charge in [0.1, 0.15) is 30.3 Å². The fourth-order valence-electron chi connectivity index (χ4n) is 8.92. The highest BCUT2D eigenvalue weighted by atomic mass is 16.2. The van der Waals surface area contributed by atoms with Crippen molar-refractivity contribution < 1.29 is 19.2 Å². The molecule has 214 valence electrons. The number of piperazine rings is 2. The van der Waals surface area contributed by atoms with Crippen LogP contribution >= 0.6 is 0 Å². The van der Waals surface area contributed by atoms with Crippen molar-refractivity contribution in [3.63, 3.8) is 0 Å². The standard InChI is InChI=1S/C32H32N6O4/c39-27-24-7-3-11-36(24)28(40)23(34-27)13-17-16-33-22-14-18(9-10-19(17)22)32-15-26-29(41)37-12-4-8-25(37)30(42)38(26)31(32)35-21-6-2-1-5-20(21)32/h1-2,5-6,9-10,14,16,23-26,31,33,35H,3-4,7-8,11-13,15H2,(H,34,39)/t23-,24-,25-,26-,31+,32-/m1/s1. The molecule has 6 aliphatic heterocycles. The number of carbonyl (C=O) groups excluding carboxylic acids is 4. The summed E-state index contributed by atoms with van der Waals surface area (Å²) in [4.78, 5) is 62.2. The van der Waals surface area contributed by atoms with Gasteiger partial charge in [-0.15, -0.1) is 0 Å². The molecule has 10 heteroatoms. The fourth-order valence-corrected chi connectivity index (χ4v) is 8.92. The van der Waals surface area contributed by atoms with Crippen molar-refractivity contribution in [2.45, 2.75) is 74.3 Å². The minimum Gasteiger partial charge on any atom is -0.364 e. The van der Waals surface area contributed by atoms with E-state index in [9.17, 15) is 19.2 Å². The molecule has 3 N–H and O–H groups in total. The van der Waals surface area contributed by atoms with E-state index in [0.717, 1.165) is 59.0 Å². The van der Waals surface area contributed by atoms with Crippen molar-refractivity contribution in [2.75, 3.05) is 18.4 Å². The molecule has 3 aromatic rings. The predicted octanol–water partition coefficient (Wildman–Crippen LogP) is 1.84. The normalized spacial score (nSPS) is 33.0. The van der Waals surface area contributed by atoms with E-state index in [0.29, 0.717) is 25.9 Å². The third-order valence-corrected chi connectivity index (χ3v) is 10.8. The van der Waals surface area contributed by atoms with Crippen molar-refractivity contribution in [3.05, 3.63) is 65.4 Å². The third kappa shape index (κ3) is 2.99. The Hall–Kier alpha value is -4.34. The summed E-state index contributed by atoms with van der Waals surface area (Å²) in [5.74, 6) is 0.0507. The molecule has 9 rings (SSSR count). The third-order valence-electron chi connectivity index (χ3n) is 10.8. The lowest BCUT2D eigenvalue weighted by Gasteiger charge is -2.41. The average molecular weight is 565 g/mol. The average Bonchev–Trinajstić information content (AvgIpc) is 3.82. The van der Waals surface area contributed by atoms with Gasteiger partial charge in [0.25, 0.3) is 0 Å². The zero-order valence-corrected chi connectivity index (χ0v) is 23.1. The lowest BCUT2D eigenvalue weighted by Crippen LogP contribution is -2.63. The molecular formula is C32H32N6O4. The van der Waals surface area contributed by atoms with Gasteiger partial charge in [0.2, 0.25) is 23.6 Å². The van der Waals surface area contributed by atoms with Crippen LogP contribution in [0.2, 0.25) is 0 Å². The van der Waals surface area contributed by atoms with Crippen molar-refractivity contribution >= 4 is 40.2 Å². The summed E-state index contributed by atoms with van der Waals surface area (Å²) in [6.45, 7) is 1.30. The van der Waals surface area contributed by atoms with E-state index in [1.54, 1.807) is 9.80 Å². The molecule has 1 aromatic heterocycles. The largest absolute Gasteiger partial charge is 0.364 e. The minimum atomic E-state index is -0.579. The summed E-state index contributed by atoms with van der Waals surface area (Å²) in [6.07, 6.45) is 5.70. The highest BCUT2D eigenvalue weighted by molar-refractivity contribution is 6.00. The van der Waals surface area contributed by atoms with Crippen molar-refractivity contribution in [2.24, 2.45) is 0 Å². The molecule has 6 atom stereocenters. The molecule has 0 unspecified atom stereocenters. The van der Waals surface area contributed by atoms with Gasteiger partial charge in [0, 0.05) is 42.3 Å². The Kier molecular flexibility index (Phi) is 4.83. The Balaban J connectivity index is 1.10. The molecule has 0 radical (unpaired) electrons. The molecule has 7 heterocycles. The summed E-state index contributed by atoms with van der Waals surface area (Å²) in [5.41, 5.74) is 4.46. The molecule has 42 heavy (non-hydrogen) atoms. The number of nitrogens with zero attached hydrogens (tertiary/aromatic N) is 3. The number of nitrogens with one attached hydrogen (secondary N) is 3. The van der Waals surface area contributed by atoms with E-state index < -0.39 is 17.5 Å². The van der Waals surface area contributed by atoms with Crippen LogP contribution in [0, 0.1) is 0 Å². The van der Waals surface area contributed by atoms with E-state index in [1.807, 2.05) is 29.3 Å². The second-order valence-electron chi connectivity index (χ2n) is 12.7. The van der Waals surface area contributed by atoms with Crippen LogP contribution in [0.25, 0.3) is 10.9 Å². The second-order valence-corrected chi connectivity index (χ2v) is 12.7. The Labute approximate surface area is 242 Å². The summed E-state index contributed by atoms with van der Waals surface area (Å²) >= 11 is 0. The Morgan fingerprint density at radius 1 is 0.833 bits per heavy atom. The van der Waals surface area contributed by atoms with E-state index >= 15 is 0 Å². The first kappa shape index (κ1) is 24.3. The van der Waals surface area contributed by atoms with Gasteiger partial charge < -0.3 is 30.3 Å². The quantitative estimate of drug-likeness (QED) is 0.449. The van der Waals surface area contributed by atoms with E-state index in [4.69, 9.17) is 0 Å². The number of para-hydroxylation sites is 1. The maximum atomic E-state index is 13.8. The van der Waals surface area contributed by atoms with Gasteiger partial charge in [0.15, 0.2) is 0 Å². The molecule has 0 spiro atoms. The van der Waals surface area contributed by atoms with Crippen LogP contribution in [-0.2, 0) is 31.0 Å². The number of benzene rings is 2. The highest BCUT2D eigenvalue weighted by Crippen LogP contribution is 2.56. The Bertz CT molecular complexity index is 1720. The van der Waals surface area contributed by atoms with Gasteiger partial charge >= 0.3 is 0 Å². The number of hydrogen-bond acceptors (Lipinski definition) is 5. The maximum absolute atomic E-state index is 13.8. The van der Waals surface area contributed by atoms with E-state index in [1.165, 1.54) is 0 Å². The topological polar surface area (TPSA) is 118 Å². The van der Waals surface area contributed by atoms with E-state index in [2.05, 4.69) is 39.9 Å². The molecule has 0 bridgehead atoms. The van der Waals surface area contributed by atoms with Gasteiger partial charge in [-0.05, 0) is 60.9 Å². The summed E-state index contributed by atoms with van der Waals surface area (Å²) in [5, 5.41) is 7.61. The predicted molar refractivity (Wildman–Crippen MR) is 153 cm³/mol. The lowest BCUT2D eigenvalue weighted by atomic mass is 9.72. The summed E-state index contributed by atoms with van der Waals surface area (Å²) in [6, 6.07) is 12.8. The smallest absolute Gasteiger partial charge is 0.247 e. The van der Waals surface area contributed by atoms with Crippen LogP contribution in [-0.4, -0.2) is 86.7 Å². The zero-order chi connectivity index (χ0) is 28.3. The van der Waals surface area contributed by atoms with Crippen LogP contribution in [0.3, 0.4) is 0 Å². The zero-order valence-electron chi connectivity index (χ0n) is 23.1. The Morgan fingerprint density at radius 2 is 1.62 bits per heavy atom. The first-order valence-corrected chi connectivity index (χ1v) is 15.2. The molecule has 5 saturated heterocycles. The van der Waals surface area contributed by atoms with Crippen molar-refractivity contribution in [1.29, 1.82) is 0 Å². The van der Waals surface area contributed by atoms with Gasteiger partial charge in [-0.25, -0.2) is 0 Å². The van der Waals surface area contributed by atoms with Crippen molar-refractivity contribution in [3.8, 4) is 0 Å². The summed E-state index contributed by atoms with van der Waals surface area (Å²) in [7, 11) is 0. The molecule has 4 amide bonds. The molecule has 0 aliphatic carbocycles. The van der Waals surface area contributed by atoms with Crippen LogP contribution < -0.4 is 10.6 Å². The number of aromatic nitrogens is 1. The Morgan fingerprint density at radius 3 is 2.48 bits per heavy atom. The minimum absolute atomic E-state index is 0.00381. The second kappa shape index (κ2) is 8.36.